The van der Waals surface area contributed by atoms with Gasteiger partial charge in [0, 0.05) is 37.7 Å². The van der Waals surface area contributed by atoms with Gasteiger partial charge in [-0.3, -0.25) is 14.6 Å². The number of pyridine rings is 1. The van der Waals surface area contributed by atoms with Gasteiger partial charge in [-0.2, -0.15) is 5.10 Å². The Hall–Kier alpha value is -3.29. The van der Waals surface area contributed by atoms with Crippen molar-refractivity contribution in [1.82, 2.24) is 29.8 Å². The van der Waals surface area contributed by atoms with Crippen LogP contribution in [0.4, 0.5) is 0 Å². The average Bonchev–Trinajstić information content (AvgIpc) is 3.17. The molecule has 1 aliphatic heterocycles. The second-order valence-corrected chi connectivity index (χ2v) is 6.49. The van der Waals surface area contributed by atoms with Crippen LogP contribution in [0.2, 0.25) is 0 Å². The van der Waals surface area contributed by atoms with Gasteiger partial charge in [-0.05, 0) is 37.5 Å². The molecular formula is C19H20N6O2. The summed E-state index contributed by atoms with van der Waals surface area (Å²) >= 11 is 0. The van der Waals surface area contributed by atoms with Crippen molar-refractivity contribution in [2.45, 2.75) is 25.3 Å². The van der Waals surface area contributed by atoms with Crippen LogP contribution in [0.3, 0.4) is 0 Å². The monoisotopic (exact) mass is 364 g/mol. The molecule has 4 heterocycles. The third-order valence-corrected chi connectivity index (χ3v) is 4.93. The highest BCUT2D eigenvalue weighted by molar-refractivity contribution is 5.99. The minimum Gasteiger partial charge on any atom is -0.355 e. The van der Waals surface area contributed by atoms with Crippen LogP contribution >= 0.6 is 0 Å². The van der Waals surface area contributed by atoms with Crippen LogP contribution < -0.4 is 5.32 Å². The lowest BCUT2D eigenvalue weighted by atomic mass is 9.98. The summed E-state index contributed by atoms with van der Waals surface area (Å²) in [5, 5.41) is 6.98. The summed E-state index contributed by atoms with van der Waals surface area (Å²) in [6.45, 7) is 0.680. The summed E-state index contributed by atoms with van der Waals surface area (Å²) < 4.78 is 1.67. The molecule has 0 aromatic carbocycles. The summed E-state index contributed by atoms with van der Waals surface area (Å²) in [5.41, 5.74) is 2.39. The lowest BCUT2D eigenvalue weighted by Crippen LogP contribution is -2.39. The average molecular weight is 364 g/mol. The van der Waals surface area contributed by atoms with Crippen molar-refractivity contribution in [3.05, 3.63) is 59.8 Å². The highest BCUT2D eigenvalue weighted by Crippen LogP contribution is 2.32. The molecule has 1 N–H and O–H groups in total. The van der Waals surface area contributed by atoms with Gasteiger partial charge in [0.15, 0.2) is 5.65 Å². The number of carbonyl (C=O) groups excluding carboxylic acids is 2. The van der Waals surface area contributed by atoms with Crippen molar-refractivity contribution in [1.29, 1.82) is 0 Å². The van der Waals surface area contributed by atoms with Gasteiger partial charge >= 0.3 is 0 Å². The van der Waals surface area contributed by atoms with Crippen molar-refractivity contribution in [2.24, 2.45) is 0 Å². The second-order valence-electron chi connectivity index (χ2n) is 6.49. The van der Waals surface area contributed by atoms with Gasteiger partial charge in [-0.15, -0.1) is 0 Å². The topological polar surface area (TPSA) is 92.5 Å². The molecule has 0 aliphatic carbocycles. The smallest absolute Gasteiger partial charge is 0.256 e. The quantitative estimate of drug-likeness (QED) is 0.766. The first-order valence-corrected chi connectivity index (χ1v) is 8.96. The number of hydrogen-bond acceptors (Lipinski definition) is 5. The number of nitrogens with one attached hydrogen (secondary N) is 1. The summed E-state index contributed by atoms with van der Waals surface area (Å²) in [6, 6.07) is 5.21. The molecule has 138 valence electrons. The first kappa shape index (κ1) is 17.1. The van der Waals surface area contributed by atoms with E-state index in [4.69, 9.17) is 0 Å². The predicted molar refractivity (Wildman–Crippen MR) is 98.2 cm³/mol. The van der Waals surface area contributed by atoms with E-state index in [9.17, 15) is 9.59 Å². The number of piperidine rings is 1. The van der Waals surface area contributed by atoms with Gasteiger partial charge in [0.05, 0.1) is 17.9 Å². The zero-order valence-electron chi connectivity index (χ0n) is 15.0. The van der Waals surface area contributed by atoms with Crippen LogP contribution in [-0.2, 0) is 0 Å². The molecule has 0 saturated carbocycles. The van der Waals surface area contributed by atoms with Crippen molar-refractivity contribution < 1.29 is 9.59 Å². The summed E-state index contributed by atoms with van der Waals surface area (Å²) in [7, 11) is 1.58. The number of amides is 2. The van der Waals surface area contributed by atoms with Gasteiger partial charge in [0.1, 0.15) is 5.56 Å². The lowest BCUT2D eigenvalue weighted by Gasteiger charge is -2.36. The largest absolute Gasteiger partial charge is 0.355 e. The van der Waals surface area contributed by atoms with Gasteiger partial charge < -0.3 is 10.2 Å². The molecule has 0 radical (unpaired) electrons. The lowest BCUT2D eigenvalue weighted by molar-refractivity contribution is 0.0603. The molecule has 4 rings (SSSR count). The molecule has 0 bridgehead atoms. The molecule has 1 aliphatic rings. The molecule has 1 unspecified atom stereocenters. The number of hydrogen-bond donors (Lipinski definition) is 1. The number of carbonyl (C=O) groups is 2. The molecule has 1 atom stereocenters. The molecule has 3 aromatic rings. The van der Waals surface area contributed by atoms with Crippen LogP contribution in [0.25, 0.3) is 5.65 Å². The Morgan fingerprint density at radius 1 is 1.15 bits per heavy atom. The normalized spacial score (nSPS) is 17.1. The first-order valence-electron chi connectivity index (χ1n) is 8.96. The molecule has 1 saturated heterocycles. The maximum Gasteiger partial charge on any atom is 0.256 e. The molecule has 1 fully saturated rings. The van der Waals surface area contributed by atoms with E-state index in [1.807, 2.05) is 11.0 Å². The number of aromatic nitrogens is 4. The van der Waals surface area contributed by atoms with Crippen LogP contribution in [0.1, 0.15) is 51.7 Å². The van der Waals surface area contributed by atoms with Crippen molar-refractivity contribution in [3.8, 4) is 0 Å². The van der Waals surface area contributed by atoms with Crippen LogP contribution in [0.5, 0.6) is 0 Å². The zero-order valence-corrected chi connectivity index (χ0v) is 15.0. The van der Waals surface area contributed by atoms with Crippen molar-refractivity contribution >= 4 is 17.5 Å². The number of fused-ring (bicyclic) bond motifs is 1. The Balaban J connectivity index is 1.75. The first-order chi connectivity index (χ1) is 13.2. The Morgan fingerprint density at radius 2 is 1.96 bits per heavy atom. The highest BCUT2D eigenvalue weighted by Gasteiger charge is 2.31. The Kier molecular flexibility index (Phi) is 4.53. The molecular weight excluding hydrogens is 344 g/mol. The Morgan fingerprint density at radius 3 is 2.74 bits per heavy atom. The standard InChI is InChI=1S/C19H20N6O2/c1-20-18(26)14-12-23-25-16(7-10-22-17(14)25)15-4-2-3-11-24(15)19(27)13-5-8-21-9-6-13/h5-10,12,15H,2-4,11H2,1H3,(H,20,26). The van der Waals surface area contributed by atoms with E-state index >= 15 is 0 Å². The predicted octanol–water partition coefficient (Wildman–Crippen LogP) is 1.85. The minimum absolute atomic E-state index is 0.0225. The maximum atomic E-state index is 13.1. The SMILES string of the molecule is CNC(=O)c1cnn2c(C3CCCCN3C(=O)c3ccncc3)ccnc12. The van der Waals surface area contributed by atoms with E-state index in [0.717, 1.165) is 25.0 Å². The molecule has 2 amide bonds. The molecule has 3 aromatic heterocycles. The third-order valence-electron chi connectivity index (χ3n) is 4.93. The van der Waals surface area contributed by atoms with Gasteiger partial charge in [-0.1, -0.05) is 0 Å². The second kappa shape index (κ2) is 7.14. The van der Waals surface area contributed by atoms with E-state index < -0.39 is 0 Å². The third kappa shape index (κ3) is 3.03. The van der Waals surface area contributed by atoms with E-state index in [-0.39, 0.29) is 17.9 Å². The number of likely N-dealkylation sites (tertiary alicyclic amines) is 1. The Labute approximate surface area is 156 Å². The summed E-state index contributed by atoms with van der Waals surface area (Å²) in [5.74, 6) is -0.256. The highest BCUT2D eigenvalue weighted by atomic mass is 16.2. The Bertz CT molecular complexity index is 984. The van der Waals surface area contributed by atoms with E-state index in [2.05, 4.69) is 20.4 Å². The maximum absolute atomic E-state index is 13.1. The minimum atomic E-state index is -0.233. The van der Waals surface area contributed by atoms with Crippen LogP contribution in [0, 0.1) is 0 Å². The summed E-state index contributed by atoms with van der Waals surface area (Å²) in [4.78, 5) is 35.3. The summed E-state index contributed by atoms with van der Waals surface area (Å²) in [6.07, 6.45) is 9.26. The fourth-order valence-corrected chi connectivity index (χ4v) is 3.60. The number of nitrogens with zero attached hydrogens (tertiary/aromatic N) is 5. The molecule has 0 spiro atoms. The van der Waals surface area contributed by atoms with E-state index in [1.54, 1.807) is 42.3 Å². The van der Waals surface area contributed by atoms with Gasteiger partial charge in [0.25, 0.3) is 11.8 Å². The van der Waals surface area contributed by atoms with E-state index in [1.165, 1.54) is 6.20 Å². The van der Waals surface area contributed by atoms with Gasteiger partial charge in [0.2, 0.25) is 0 Å². The molecule has 8 heteroatoms. The number of rotatable bonds is 3. The van der Waals surface area contributed by atoms with Crippen LogP contribution in [0.15, 0.2) is 43.0 Å². The van der Waals surface area contributed by atoms with E-state index in [0.29, 0.717) is 23.3 Å². The fraction of sp³-hybridized carbons (Fsp3) is 0.316. The van der Waals surface area contributed by atoms with Crippen molar-refractivity contribution in [3.63, 3.8) is 0 Å². The zero-order chi connectivity index (χ0) is 18.8. The van der Waals surface area contributed by atoms with Crippen molar-refractivity contribution in [2.75, 3.05) is 13.6 Å². The van der Waals surface area contributed by atoms with Crippen LogP contribution in [-0.4, -0.2) is 49.9 Å². The molecule has 27 heavy (non-hydrogen) atoms. The van der Waals surface area contributed by atoms with Gasteiger partial charge in [-0.25, -0.2) is 9.50 Å². The fourth-order valence-electron chi connectivity index (χ4n) is 3.60. The molecule has 8 nitrogen and oxygen atoms in total.